The molecule has 1 heterocycles. The van der Waals surface area contributed by atoms with Crippen LogP contribution in [0.15, 0.2) is 48.6 Å². The van der Waals surface area contributed by atoms with Crippen LogP contribution in [0.25, 0.3) is 0 Å². The van der Waals surface area contributed by atoms with Gasteiger partial charge >= 0.3 is 6.18 Å². The second-order valence-electron chi connectivity index (χ2n) is 6.45. The lowest BCUT2D eigenvalue weighted by Crippen LogP contribution is -2.29. The van der Waals surface area contributed by atoms with Gasteiger partial charge in [0.15, 0.2) is 0 Å². The van der Waals surface area contributed by atoms with Crippen LogP contribution >= 0.6 is 23.2 Å². The summed E-state index contributed by atoms with van der Waals surface area (Å²) in [7, 11) is 0. The summed E-state index contributed by atoms with van der Waals surface area (Å²) < 4.78 is 39.2. The van der Waals surface area contributed by atoms with Gasteiger partial charge in [-0.3, -0.25) is 0 Å². The van der Waals surface area contributed by atoms with Crippen LogP contribution in [-0.2, 0) is 6.18 Å². The lowest BCUT2D eigenvalue weighted by molar-refractivity contribution is -0.137. The molecule has 0 radical (unpaired) electrons. The first-order valence-corrected chi connectivity index (χ1v) is 8.69. The Morgan fingerprint density at radius 1 is 1.00 bits per heavy atom. The van der Waals surface area contributed by atoms with Gasteiger partial charge in [-0.1, -0.05) is 41.4 Å². The molecule has 0 saturated heterocycles. The van der Waals surface area contributed by atoms with E-state index < -0.39 is 11.7 Å². The first-order chi connectivity index (χ1) is 11.8. The lowest BCUT2D eigenvalue weighted by Gasteiger charge is -2.38. The molecule has 3 atom stereocenters. The Morgan fingerprint density at radius 2 is 1.80 bits per heavy atom. The average Bonchev–Trinajstić information content (AvgIpc) is 3.05. The van der Waals surface area contributed by atoms with E-state index in [2.05, 4.69) is 5.32 Å². The van der Waals surface area contributed by atoms with E-state index in [4.69, 9.17) is 23.2 Å². The first kappa shape index (κ1) is 16.8. The number of rotatable bonds is 1. The Kier molecular flexibility index (Phi) is 4.00. The fraction of sp³-hybridized carbons (Fsp3) is 0.263. The number of halogens is 5. The quantitative estimate of drug-likeness (QED) is 0.531. The van der Waals surface area contributed by atoms with Crippen LogP contribution in [0.3, 0.4) is 0 Å². The Labute approximate surface area is 153 Å². The maximum Gasteiger partial charge on any atom is 0.416 e. The monoisotopic (exact) mass is 383 g/mol. The van der Waals surface area contributed by atoms with E-state index in [1.54, 1.807) is 6.07 Å². The fourth-order valence-electron chi connectivity index (χ4n) is 3.81. The van der Waals surface area contributed by atoms with Gasteiger partial charge in [-0.25, -0.2) is 0 Å². The molecule has 130 valence electrons. The van der Waals surface area contributed by atoms with E-state index in [-0.39, 0.29) is 17.9 Å². The molecule has 0 bridgehead atoms. The molecular weight excluding hydrogens is 370 g/mol. The number of anilines is 1. The van der Waals surface area contributed by atoms with Crippen molar-refractivity contribution in [1.29, 1.82) is 0 Å². The van der Waals surface area contributed by atoms with E-state index in [1.807, 2.05) is 24.3 Å². The summed E-state index contributed by atoms with van der Waals surface area (Å²) >= 11 is 12.1. The van der Waals surface area contributed by atoms with E-state index in [1.165, 1.54) is 12.1 Å². The van der Waals surface area contributed by atoms with Gasteiger partial charge in [0.05, 0.1) is 21.7 Å². The predicted molar refractivity (Wildman–Crippen MR) is 94.3 cm³/mol. The Morgan fingerprint density at radius 3 is 2.52 bits per heavy atom. The molecule has 0 amide bonds. The van der Waals surface area contributed by atoms with Crippen LogP contribution < -0.4 is 5.32 Å². The molecule has 2 aromatic carbocycles. The van der Waals surface area contributed by atoms with Gasteiger partial charge < -0.3 is 5.32 Å². The third-order valence-electron chi connectivity index (χ3n) is 4.99. The Balaban J connectivity index is 1.77. The van der Waals surface area contributed by atoms with Crippen LogP contribution in [0.5, 0.6) is 0 Å². The smallest absolute Gasteiger partial charge is 0.378 e. The number of nitrogens with one attached hydrogen (secondary N) is 1. The highest BCUT2D eigenvalue weighted by Crippen LogP contribution is 2.51. The van der Waals surface area contributed by atoms with Gasteiger partial charge in [-0.2, -0.15) is 13.2 Å². The Hall–Kier alpha value is -1.65. The van der Waals surface area contributed by atoms with Gasteiger partial charge in [-0.15, -0.1) is 0 Å². The van der Waals surface area contributed by atoms with Gasteiger partial charge in [0.25, 0.3) is 0 Å². The molecule has 0 unspecified atom stereocenters. The van der Waals surface area contributed by atoms with E-state index in [9.17, 15) is 13.2 Å². The molecule has 1 nitrogen and oxygen atoms in total. The summed E-state index contributed by atoms with van der Waals surface area (Å²) in [5.41, 5.74) is 1.81. The summed E-state index contributed by atoms with van der Waals surface area (Å²) in [5.74, 6) is 0.103. The van der Waals surface area contributed by atoms with Crippen molar-refractivity contribution in [3.63, 3.8) is 0 Å². The topological polar surface area (TPSA) is 12.0 Å². The van der Waals surface area contributed by atoms with Crippen LogP contribution in [0, 0.1) is 5.92 Å². The number of alkyl halides is 3. The summed E-state index contributed by atoms with van der Waals surface area (Å²) in [6, 6.07) is 9.37. The zero-order chi connectivity index (χ0) is 17.8. The number of allylic oxidation sites excluding steroid dienone is 2. The highest BCUT2D eigenvalue weighted by atomic mass is 35.5. The maximum atomic E-state index is 13.1. The second kappa shape index (κ2) is 5.96. The minimum absolute atomic E-state index is 0.0287. The molecule has 6 heteroatoms. The predicted octanol–water partition coefficient (Wildman–Crippen LogP) is 6.84. The van der Waals surface area contributed by atoms with Crippen molar-refractivity contribution in [2.45, 2.75) is 24.6 Å². The summed E-state index contributed by atoms with van der Waals surface area (Å²) in [5, 5.41) is 4.36. The molecule has 25 heavy (non-hydrogen) atoms. The van der Waals surface area contributed by atoms with Gasteiger partial charge in [0.1, 0.15) is 0 Å². The van der Waals surface area contributed by atoms with E-state index >= 15 is 0 Å². The number of fused-ring (bicyclic) bond motifs is 3. The Bertz CT molecular complexity index is 860. The minimum atomic E-state index is -4.34. The molecule has 0 aromatic heterocycles. The molecule has 4 rings (SSSR count). The average molecular weight is 384 g/mol. The van der Waals surface area contributed by atoms with Crippen LogP contribution in [0.1, 0.15) is 35.1 Å². The number of hydrogen-bond donors (Lipinski definition) is 1. The third-order valence-corrected chi connectivity index (χ3v) is 5.73. The van der Waals surface area contributed by atoms with E-state index in [0.717, 1.165) is 23.7 Å². The third kappa shape index (κ3) is 2.91. The van der Waals surface area contributed by atoms with Crippen molar-refractivity contribution < 1.29 is 13.2 Å². The summed E-state index contributed by atoms with van der Waals surface area (Å²) in [4.78, 5) is 0. The zero-order valence-electron chi connectivity index (χ0n) is 12.9. The molecule has 0 fully saturated rings. The van der Waals surface area contributed by atoms with Crippen LogP contribution in [0.2, 0.25) is 10.0 Å². The highest BCUT2D eigenvalue weighted by Gasteiger charge is 2.40. The van der Waals surface area contributed by atoms with Crippen molar-refractivity contribution in [3.8, 4) is 0 Å². The largest absolute Gasteiger partial charge is 0.416 e. The molecule has 2 aromatic rings. The van der Waals surface area contributed by atoms with Gasteiger partial charge in [-0.05, 0) is 53.8 Å². The zero-order valence-corrected chi connectivity index (χ0v) is 14.5. The van der Waals surface area contributed by atoms with Crippen molar-refractivity contribution in [3.05, 3.63) is 75.3 Å². The van der Waals surface area contributed by atoms with Crippen molar-refractivity contribution in [2.24, 2.45) is 5.92 Å². The molecular formula is C19H14Cl2F3N. The SMILES string of the molecule is FC(F)(F)c1ccc2c(c1)[C@@H]1C=CC[C@H]1[C@@H](c1ccc(Cl)c(Cl)c1)N2. The van der Waals surface area contributed by atoms with Crippen molar-refractivity contribution in [2.75, 3.05) is 5.32 Å². The van der Waals surface area contributed by atoms with Gasteiger partial charge in [0.2, 0.25) is 0 Å². The van der Waals surface area contributed by atoms with Crippen molar-refractivity contribution in [1.82, 2.24) is 0 Å². The molecule has 0 saturated carbocycles. The first-order valence-electron chi connectivity index (χ1n) is 7.94. The second-order valence-corrected chi connectivity index (χ2v) is 7.26. The number of hydrogen-bond acceptors (Lipinski definition) is 1. The minimum Gasteiger partial charge on any atom is -0.378 e. The summed E-state index contributed by atoms with van der Waals surface area (Å²) in [6.07, 6.45) is 0.511. The lowest BCUT2D eigenvalue weighted by atomic mass is 9.76. The normalized spacial score (nSPS) is 24.6. The maximum absolute atomic E-state index is 13.1. The number of benzene rings is 2. The van der Waals surface area contributed by atoms with Crippen molar-refractivity contribution >= 4 is 28.9 Å². The molecule has 1 N–H and O–H groups in total. The molecule has 2 aliphatic rings. The summed E-state index contributed by atoms with van der Waals surface area (Å²) in [6.45, 7) is 0. The standard InChI is InChI=1S/C19H14Cl2F3N/c20-15-6-4-10(8-16(15)21)18-13-3-1-2-12(13)14-9-11(19(22,23)24)5-7-17(14)25-18/h1-2,4-9,12-13,18,25H,3H2/t12-,13-,18-/m1/s1. The van der Waals surface area contributed by atoms with E-state index in [0.29, 0.717) is 15.6 Å². The molecule has 0 spiro atoms. The van der Waals surface area contributed by atoms with Crippen LogP contribution in [-0.4, -0.2) is 0 Å². The molecule has 1 aliphatic carbocycles. The van der Waals surface area contributed by atoms with Crippen LogP contribution in [0.4, 0.5) is 18.9 Å². The van der Waals surface area contributed by atoms with Gasteiger partial charge in [0, 0.05) is 11.6 Å². The fourth-order valence-corrected chi connectivity index (χ4v) is 4.11. The molecule has 1 aliphatic heterocycles. The highest BCUT2D eigenvalue weighted by molar-refractivity contribution is 6.42.